The maximum atomic E-state index is 6.02. The third kappa shape index (κ3) is 3.37. The van der Waals surface area contributed by atoms with Gasteiger partial charge in [0.15, 0.2) is 5.96 Å². The van der Waals surface area contributed by atoms with Gasteiger partial charge in [0.25, 0.3) is 0 Å². The predicted octanol–water partition coefficient (Wildman–Crippen LogP) is 0.982. The van der Waals surface area contributed by atoms with E-state index in [1.165, 1.54) is 0 Å². The molecule has 16 heavy (non-hydrogen) atoms. The third-order valence-electron chi connectivity index (χ3n) is 3.30. The lowest BCUT2D eigenvalue weighted by Crippen LogP contribution is -2.58. The quantitative estimate of drug-likeness (QED) is 0.564. The van der Waals surface area contributed by atoms with Gasteiger partial charge in [-0.3, -0.25) is 9.89 Å². The molecule has 4 nitrogen and oxygen atoms in total. The van der Waals surface area contributed by atoms with Crippen LogP contribution in [-0.2, 0) is 0 Å². The van der Waals surface area contributed by atoms with Crippen LogP contribution in [0.2, 0.25) is 0 Å². The van der Waals surface area contributed by atoms with Crippen LogP contribution in [0.3, 0.4) is 0 Å². The van der Waals surface area contributed by atoms with Crippen molar-refractivity contribution >= 4 is 5.96 Å². The normalized spacial score (nSPS) is 28.9. The highest BCUT2D eigenvalue weighted by molar-refractivity contribution is 5.78. The van der Waals surface area contributed by atoms with Gasteiger partial charge in [-0.15, -0.1) is 0 Å². The molecule has 2 N–H and O–H groups in total. The summed E-state index contributed by atoms with van der Waals surface area (Å²) in [6, 6.07) is 1.08. The van der Waals surface area contributed by atoms with E-state index < -0.39 is 0 Å². The fourth-order valence-electron chi connectivity index (χ4n) is 1.97. The maximum absolute atomic E-state index is 6.02. The number of guanidine groups is 1. The number of hydrogen-bond acceptors (Lipinski definition) is 2. The van der Waals surface area contributed by atoms with Crippen molar-refractivity contribution in [2.75, 3.05) is 26.7 Å². The van der Waals surface area contributed by atoms with Gasteiger partial charge in [0.1, 0.15) is 0 Å². The van der Waals surface area contributed by atoms with E-state index in [0.717, 1.165) is 19.6 Å². The first kappa shape index (κ1) is 13.3. The Hall–Kier alpha value is -0.770. The van der Waals surface area contributed by atoms with Gasteiger partial charge in [-0.05, 0) is 26.8 Å². The van der Waals surface area contributed by atoms with Crippen LogP contribution in [0.1, 0.15) is 27.7 Å². The molecule has 0 amide bonds. The summed E-state index contributed by atoms with van der Waals surface area (Å²) in [5, 5.41) is 0. The van der Waals surface area contributed by atoms with Crippen LogP contribution in [0.15, 0.2) is 4.99 Å². The first-order valence-corrected chi connectivity index (χ1v) is 6.18. The fraction of sp³-hybridized carbons (Fsp3) is 0.917. The number of likely N-dealkylation sites (N-methyl/N-ethyl adjacent to an activating group) is 1. The van der Waals surface area contributed by atoms with E-state index in [-0.39, 0.29) is 0 Å². The number of rotatable bonds is 2. The average molecular weight is 226 g/mol. The number of hydrogen-bond donors (Lipinski definition) is 1. The minimum atomic E-state index is 0.538. The predicted molar refractivity (Wildman–Crippen MR) is 69.6 cm³/mol. The molecule has 0 bridgehead atoms. The van der Waals surface area contributed by atoms with Gasteiger partial charge in [-0.2, -0.15) is 0 Å². The van der Waals surface area contributed by atoms with Crippen LogP contribution >= 0.6 is 0 Å². The van der Waals surface area contributed by atoms with Gasteiger partial charge in [0, 0.05) is 31.7 Å². The molecule has 1 saturated heterocycles. The summed E-state index contributed by atoms with van der Waals surface area (Å²) >= 11 is 0. The summed E-state index contributed by atoms with van der Waals surface area (Å²) in [4.78, 5) is 9.04. The van der Waals surface area contributed by atoms with Crippen molar-refractivity contribution in [2.45, 2.75) is 39.8 Å². The number of nitrogens with zero attached hydrogens (tertiary/aromatic N) is 3. The molecule has 1 rings (SSSR count). The highest BCUT2D eigenvalue weighted by atomic mass is 15.3. The number of piperazine rings is 1. The molecule has 0 aromatic heterocycles. The van der Waals surface area contributed by atoms with Crippen molar-refractivity contribution in [1.29, 1.82) is 0 Å². The second-order valence-corrected chi connectivity index (χ2v) is 5.36. The summed E-state index contributed by atoms with van der Waals surface area (Å²) in [5.74, 6) is 1.28. The van der Waals surface area contributed by atoms with Crippen LogP contribution < -0.4 is 5.73 Å². The topological polar surface area (TPSA) is 44.9 Å². The first-order chi connectivity index (χ1) is 7.41. The molecule has 1 fully saturated rings. The molecule has 4 heteroatoms. The van der Waals surface area contributed by atoms with Crippen LogP contribution in [-0.4, -0.2) is 54.5 Å². The van der Waals surface area contributed by atoms with Crippen LogP contribution in [0.25, 0.3) is 0 Å². The van der Waals surface area contributed by atoms with E-state index in [0.29, 0.717) is 24.0 Å². The summed E-state index contributed by atoms with van der Waals surface area (Å²) < 4.78 is 0. The fourth-order valence-corrected chi connectivity index (χ4v) is 1.97. The van der Waals surface area contributed by atoms with E-state index >= 15 is 0 Å². The van der Waals surface area contributed by atoms with Crippen molar-refractivity contribution in [1.82, 2.24) is 9.80 Å². The van der Waals surface area contributed by atoms with E-state index in [1.54, 1.807) is 0 Å². The van der Waals surface area contributed by atoms with Gasteiger partial charge in [-0.25, -0.2) is 0 Å². The lowest BCUT2D eigenvalue weighted by atomic mass is 10.1. The number of aliphatic imine (C=N–C) groups is 1. The van der Waals surface area contributed by atoms with E-state index in [4.69, 9.17) is 5.73 Å². The molecule has 2 unspecified atom stereocenters. The van der Waals surface area contributed by atoms with Crippen LogP contribution in [0, 0.1) is 5.92 Å². The monoisotopic (exact) mass is 226 g/mol. The second kappa shape index (κ2) is 5.53. The molecule has 0 aromatic carbocycles. The highest BCUT2D eigenvalue weighted by Gasteiger charge is 2.27. The van der Waals surface area contributed by atoms with E-state index in [2.05, 4.69) is 49.5 Å². The molecular weight excluding hydrogens is 200 g/mol. The molecule has 0 saturated carbocycles. The zero-order chi connectivity index (χ0) is 12.3. The molecule has 2 atom stereocenters. The summed E-state index contributed by atoms with van der Waals surface area (Å²) in [6.07, 6.45) is 0. The Morgan fingerprint density at radius 2 is 1.81 bits per heavy atom. The SMILES string of the molecule is CC(C)CN=C(N)N1CC(C)N(C)C(C)C1. The van der Waals surface area contributed by atoms with Crippen LogP contribution in [0.5, 0.6) is 0 Å². The number of nitrogens with two attached hydrogens (primary N) is 1. The highest BCUT2D eigenvalue weighted by Crippen LogP contribution is 2.12. The Kier molecular flexibility index (Phi) is 4.59. The van der Waals surface area contributed by atoms with Gasteiger partial charge >= 0.3 is 0 Å². The van der Waals surface area contributed by atoms with E-state index in [9.17, 15) is 0 Å². The van der Waals surface area contributed by atoms with Crippen molar-refractivity contribution in [3.8, 4) is 0 Å². The minimum Gasteiger partial charge on any atom is -0.370 e. The standard InChI is InChI=1S/C12H26N4/c1-9(2)6-14-12(13)16-7-10(3)15(5)11(4)8-16/h9-11H,6-8H2,1-5H3,(H2,13,14). The average Bonchev–Trinajstić information content (AvgIpc) is 2.21. The largest absolute Gasteiger partial charge is 0.370 e. The molecule has 0 aliphatic carbocycles. The van der Waals surface area contributed by atoms with Crippen molar-refractivity contribution < 1.29 is 0 Å². The zero-order valence-corrected chi connectivity index (χ0v) is 11.3. The van der Waals surface area contributed by atoms with Crippen LogP contribution in [0.4, 0.5) is 0 Å². The summed E-state index contributed by atoms with van der Waals surface area (Å²) in [7, 11) is 2.17. The first-order valence-electron chi connectivity index (χ1n) is 6.18. The molecule has 0 spiro atoms. The Labute approximate surface area is 99.5 Å². The molecule has 0 radical (unpaired) electrons. The van der Waals surface area contributed by atoms with Gasteiger partial charge in [-0.1, -0.05) is 13.8 Å². The summed E-state index contributed by atoms with van der Waals surface area (Å²) in [5.41, 5.74) is 6.02. The Balaban J connectivity index is 2.57. The molecule has 1 aliphatic rings. The Morgan fingerprint density at radius 1 is 1.31 bits per heavy atom. The van der Waals surface area contributed by atoms with Crippen molar-refractivity contribution in [3.05, 3.63) is 0 Å². The second-order valence-electron chi connectivity index (χ2n) is 5.36. The Morgan fingerprint density at radius 3 is 2.25 bits per heavy atom. The molecule has 1 aliphatic heterocycles. The smallest absolute Gasteiger partial charge is 0.191 e. The van der Waals surface area contributed by atoms with Gasteiger partial charge in [0.05, 0.1) is 0 Å². The minimum absolute atomic E-state index is 0.538. The van der Waals surface area contributed by atoms with Crippen molar-refractivity contribution in [3.63, 3.8) is 0 Å². The third-order valence-corrected chi connectivity index (χ3v) is 3.30. The van der Waals surface area contributed by atoms with E-state index in [1.807, 2.05) is 0 Å². The Bertz CT molecular complexity index is 237. The molecular formula is C12H26N4. The zero-order valence-electron chi connectivity index (χ0n) is 11.3. The molecule has 1 heterocycles. The molecule has 94 valence electrons. The summed E-state index contributed by atoms with van der Waals surface area (Å²) in [6.45, 7) is 11.6. The lowest BCUT2D eigenvalue weighted by Gasteiger charge is -2.42. The molecule has 0 aromatic rings. The lowest BCUT2D eigenvalue weighted by molar-refractivity contribution is 0.0979. The maximum Gasteiger partial charge on any atom is 0.191 e. The van der Waals surface area contributed by atoms with Crippen molar-refractivity contribution in [2.24, 2.45) is 16.6 Å². The van der Waals surface area contributed by atoms with Gasteiger partial charge < -0.3 is 10.6 Å². The van der Waals surface area contributed by atoms with Gasteiger partial charge in [0.2, 0.25) is 0 Å².